The van der Waals surface area contributed by atoms with Crippen LogP contribution in [0.4, 0.5) is 0 Å². The highest BCUT2D eigenvalue weighted by Gasteiger charge is 2.38. The number of amides is 1. The Labute approximate surface area is 167 Å². The Kier molecular flexibility index (Phi) is 7.60. The first-order chi connectivity index (χ1) is 13.2. The highest BCUT2D eigenvalue weighted by molar-refractivity contribution is 7.89. The summed E-state index contributed by atoms with van der Waals surface area (Å²) in [6, 6.07) is 4.28. The first-order valence-corrected chi connectivity index (χ1v) is 11.1. The fourth-order valence-corrected chi connectivity index (χ4v) is 5.36. The van der Waals surface area contributed by atoms with Gasteiger partial charge in [0.2, 0.25) is 15.9 Å². The maximum atomic E-state index is 13.4. The summed E-state index contributed by atoms with van der Waals surface area (Å²) in [5.74, 6) is -1.05. The number of nitrogens with one attached hydrogen (secondary N) is 1. The number of methoxy groups -OCH3 is 1. The van der Waals surface area contributed by atoms with Crippen molar-refractivity contribution in [3.63, 3.8) is 0 Å². The van der Waals surface area contributed by atoms with E-state index in [-0.39, 0.29) is 34.9 Å². The van der Waals surface area contributed by atoms with Crippen molar-refractivity contribution in [1.82, 2.24) is 9.62 Å². The number of sulfonamides is 1. The van der Waals surface area contributed by atoms with Crippen molar-refractivity contribution in [1.29, 1.82) is 0 Å². The lowest BCUT2D eigenvalue weighted by atomic mass is 9.94. The third-order valence-electron chi connectivity index (χ3n) is 5.22. The van der Waals surface area contributed by atoms with Gasteiger partial charge in [0.15, 0.2) is 0 Å². The van der Waals surface area contributed by atoms with E-state index in [9.17, 15) is 18.0 Å². The SMILES string of the molecule is CCCCNC(=O)C1CCC(C)N(S(=O)(=O)c2cc(C(=O)OC)ccc2C)C1. The zero-order chi connectivity index (χ0) is 20.9. The molecule has 1 N–H and O–H groups in total. The quantitative estimate of drug-likeness (QED) is 0.551. The Bertz CT molecular complexity index is 822. The summed E-state index contributed by atoms with van der Waals surface area (Å²) < 4.78 is 32.8. The van der Waals surface area contributed by atoms with Gasteiger partial charge in [0.05, 0.1) is 23.5 Å². The van der Waals surface area contributed by atoms with E-state index in [0.717, 1.165) is 12.8 Å². The van der Waals surface area contributed by atoms with E-state index < -0.39 is 16.0 Å². The lowest BCUT2D eigenvalue weighted by Gasteiger charge is -2.36. The normalized spacial score (nSPS) is 20.6. The molecule has 0 bridgehead atoms. The molecule has 156 valence electrons. The van der Waals surface area contributed by atoms with Crippen molar-refractivity contribution in [2.24, 2.45) is 5.92 Å². The molecule has 0 saturated carbocycles. The molecule has 7 nitrogen and oxygen atoms in total. The molecule has 0 spiro atoms. The van der Waals surface area contributed by atoms with Crippen LogP contribution in [0.25, 0.3) is 0 Å². The molecule has 1 aromatic rings. The standard InChI is InChI=1S/C20H30N2O5S/c1-5-6-11-21-19(23)17-10-8-15(3)22(13-17)28(25,26)18-12-16(20(24)27-4)9-7-14(18)2/h7,9,12,15,17H,5-6,8,10-11,13H2,1-4H3,(H,21,23). The van der Waals surface area contributed by atoms with Crippen LogP contribution in [0.3, 0.4) is 0 Å². The number of hydrogen-bond acceptors (Lipinski definition) is 5. The molecule has 2 unspecified atom stereocenters. The second-order valence-electron chi connectivity index (χ2n) is 7.31. The second-order valence-corrected chi connectivity index (χ2v) is 9.17. The predicted octanol–water partition coefficient (Wildman–Crippen LogP) is 2.49. The topological polar surface area (TPSA) is 92.8 Å². The Morgan fingerprint density at radius 3 is 2.64 bits per heavy atom. The van der Waals surface area contributed by atoms with Crippen molar-refractivity contribution in [3.05, 3.63) is 29.3 Å². The average molecular weight is 411 g/mol. The molecule has 2 atom stereocenters. The van der Waals surface area contributed by atoms with Crippen molar-refractivity contribution in [2.45, 2.75) is 57.4 Å². The van der Waals surface area contributed by atoms with Gasteiger partial charge in [-0.05, 0) is 50.8 Å². The molecule has 1 aliphatic rings. The number of hydrogen-bond donors (Lipinski definition) is 1. The number of ether oxygens (including phenoxy) is 1. The molecular formula is C20H30N2O5S. The number of esters is 1. The number of benzene rings is 1. The smallest absolute Gasteiger partial charge is 0.337 e. The summed E-state index contributed by atoms with van der Waals surface area (Å²) in [5.41, 5.74) is 0.736. The minimum absolute atomic E-state index is 0.0780. The highest BCUT2D eigenvalue weighted by Crippen LogP contribution is 2.30. The minimum atomic E-state index is -3.85. The van der Waals surface area contributed by atoms with Crippen LogP contribution in [0.5, 0.6) is 0 Å². The minimum Gasteiger partial charge on any atom is -0.465 e. The highest BCUT2D eigenvalue weighted by atomic mass is 32.2. The van der Waals surface area contributed by atoms with Gasteiger partial charge >= 0.3 is 5.97 Å². The van der Waals surface area contributed by atoms with E-state index in [4.69, 9.17) is 4.74 Å². The molecule has 0 aromatic heterocycles. The van der Waals surface area contributed by atoms with Gasteiger partial charge in [-0.3, -0.25) is 4.79 Å². The summed E-state index contributed by atoms with van der Waals surface area (Å²) in [6.07, 6.45) is 3.15. The number of carbonyl (C=O) groups is 2. The maximum Gasteiger partial charge on any atom is 0.337 e. The number of unbranched alkanes of at least 4 members (excludes halogenated alkanes) is 1. The number of nitrogens with zero attached hydrogens (tertiary/aromatic N) is 1. The fourth-order valence-electron chi connectivity index (χ4n) is 3.41. The van der Waals surface area contributed by atoms with E-state index >= 15 is 0 Å². The Balaban J connectivity index is 2.28. The molecule has 1 aliphatic heterocycles. The lowest BCUT2D eigenvalue weighted by Crippen LogP contribution is -2.49. The number of aryl methyl sites for hydroxylation is 1. The molecular weight excluding hydrogens is 380 g/mol. The van der Waals surface area contributed by atoms with Crippen LogP contribution >= 0.6 is 0 Å². The summed E-state index contributed by atoms with van der Waals surface area (Å²) in [7, 11) is -2.60. The van der Waals surface area contributed by atoms with E-state index in [1.165, 1.54) is 17.5 Å². The fraction of sp³-hybridized carbons (Fsp3) is 0.600. The first-order valence-electron chi connectivity index (χ1n) is 9.70. The van der Waals surface area contributed by atoms with Crippen LogP contribution in [0.2, 0.25) is 0 Å². The van der Waals surface area contributed by atoms with Gasteiger partial charge in [0, 0.05) is 19.1 Å². The number of rotatable bonds is 7. The van der Waals surface area contributed by atoms with Crippen LogP contribution in [0.15, 0.2) is 23.1 Å². The van der Waals surface area contributed by atoms with Crippen LogP contribution < -0.4 is 5.32 Å². The van der Waals surface area contributed by atoms with Crippen molar-refractivity contribution in [2.75, 3.05) is 20.2 Å². The molecule has 8 heteroatoms. The average Bonchev–Trinajstić information content (AvgIpc) is 2.67. The van der Waals surface area contributed by atoms with Gasteiger partial charge in [0.1, 0.15) is 0 Å². The second kappa shape index (κ2) is 9.52. The number of carbonyl (C=O) groups excluding carboxylic acids is 2. The summed E-state index contributed by atoms with van der Waals surface area (Å²) in [4.78, 5) is 24.3. The zero-order valence-electron chi connectivity index (χ0n) is 17.0. The van der Waals surface area contributed by atoms with Gasteiger partial charge < -0.3 is 10.1 Å². The third-order valence-corrected chi connectivity index (χ3v) is 7.34. The molecule has 0 radical (unpaired) electrons. The first kappa shape index (κ1) is 22.4. The van der Waals surface area contributed by atoms with Gasteiger partial charge in [0.25, 0.3) is 0 Å². The van der Waals surface area contributed by atoms with Gasteiger partial charge in [-0.2, -0.15) is 4.31 Å². The van der Waals surface area contributed by atoms with E-state index in [1.807, 2.05) is 13.8 Å². The lowest BCUT2D eigenvalue weighted by molar-refractivity contribution is -0.126. The van der Waals surface area contributed by atoms with Crippen LogP contribution in [0.1, 0.15) is 55.5 Å². The maximum absolute atomic E-state index is 13.4. The Hall–Kier alpha value is -1.93. The predicted molar refractivity (Wildman–Crippen MR) is 107 cm³/mol. The molecule has 1 aromatic carbocycles. The van der Waals surface area contributed by atoms with E-state index in [2.05, 4.69) is 5.32 Å². The summed E-state index contributed by atoms with van der Waals surface area (Å²) in [6.45, 7) is 6.34. The van der Waals surface area contributed by atoms with Gasteiger partial charge in [-0.15, -0.1) is 0 Å². The third kappa shape index (κ3) is 4.91. The molecule has 1 fully saturated rings. The summed E-state index contributed by atoms with van der Waals surface area (Å²) in [5, 5.41) is 2.90. The Morgan fingerprint density at radius 1 is 1.29 bits per heavy atom. The number of piperidine rings is 1. The summed E-state index contributed by atoms with van der Waals surface area (Å²) >= 11 is 0. The zero-order valence-corrected chi connectivity index (χ0v) is 17.8. The molecule has 2 rings (SSSR count). The Morgan fingerprint density at radius 2 is 2.00 bits per heavy atom. The van der Waals surface area contributed by atoms with Crippen LogP contribution in [-0.2, 0) is 19.6 Å². The van der Waals surface area contributed by atoms with Crippen molar-refractivity contribution < 1.29 is 22.7 Å². The monoisotopic (exact) mass is 410 g/mol. The van der Waals surface area contributed by atoms with Crippen LogP contribution in [0, 0.1) is 12.8 Å². The largest absolute Gasteiger partial charge is 0.465 e. The van der Waals surface area contributed by atoms with Gasteiger partial charge in [-0.25, -0.2) is 13.2 Å². The van der Waals surface area contributed by atoms with Crippen molar-refractivity contribution >= 4 is 21.9 Å². The molecule has 28 heavy (non-hydrogen) atoms. The molecule has 0 aliphatic carbocycles. The van der Waals surface area contributed by atoms with E-state index in [1.54, 1.807) is 19.1 Å². The molecule has 1 heterocycles. The molecule has 1 saturated heterocycles. The van der Waals surface area contributed by atoms with E-state index in [0.29, 0.717) is 24.9 Å². The van der Waals surface area contributed by atoms with Crippen LogP contribution in [-0.4, -0.2) is 50.8 Å². The molecule has 1 amide bonds. The van der Waals surface area contributed by atoms with Gasteiger partial charge in [-0.1, -0.05) is 19.4 Å². The van der Waals surface area contributed by atoms with Crippen molar-refractivity contribution in [3.8, 4) is 0 Å².